The summed E-state index contributed by atoms with van der Waals surface area (Å²) in [6.45, 7) is 4.14. The summed E-state index contributed by atoms with van der Waals surface area (Å²) in [6.07, 6.45) is 5.51. The minimum Gasteiger partial charge on any atom is -0.486 e. The molecule has 1 atom stereocenters. The summed E-state index contributed by atoms with van der Waals surface area (Å²) in [5.41, 5.74) is 3.62. The number of thiazole rings is 1. The molecular weight excluding hydrogens is 384 g/mol. The van der Waals surface area contributed by atoms with Crippen molar-refractivity contribution in [2.75, 3.05) is 6.54 Å². The van der Waals surface area contributed by atoms with Crippen molar-refractivity contribution >= 4 is 28.8 Å². The summed E-state index contributed by atoms with van der Waals surface area (Å²) in [6, 6.07) is 3.89. The number of aryl methyl sites for hydroxylation is 2. The van der Waals surface area contributed by atoms with Crippen molar-refractivity contribution in [2.24, 2.45) is 0 Å². The first-order chi connectivity index (χ1) is 13.0. The van der Waals surface area contributed by atoms with Crippen LogP contribution in [0.1, 0.15) is 25.9 Å². The Bertz CT molecular complexity index is 1010. The third-order valence-electron chi connectivity index (χ3n) is 4.35. The Morgan fingerprint density at radius 3 is 2.78 bits per heavy atom. The van der Waals surface area contributed by atoms with Gasteiger partial charge in [-0.25, -0.2) is 15.0 Å². The number of halogens is 1. The second kappa shape index (κ2) is 7.25. The van der Waals surface area contributed by atoms with E-state index in [1.807, 2.05) is 26.0 Å². The first-order valence-corrected chi connectivity index (χ1v) is 9.67. The van der Waals surface area contributed by atoms with Crippen LogP contribution in [-0.2, 0) is 6.42 Å². The molecule has 0 saturated heterocycles. The fourth-order valence-electron chi connectivity index (χ4n) is 3.15. The molecule has 0 unspecified atom stereocenters. The molecule has 0 spiro atoms. The molecule has 0 aliphatic carbocycles. The predicted octanol–water partition coefficient (Wildman–Crippen LogP) is 3.60. The van der Waals surface area contributed by atoms with Gasteiger partial charge in [0.05, 0.1) is 22.3 Å². The molecule has 8 heteroatoms. The summed E-state index contributed by atoms with van der Waals surface area (Å²) in [4.78, 5) is 25.4. The van der Waals surface area contributed by atoms with E-state index in [4.69, 9.17) is 16.3 Å². The zero-order chi connectivity index (χ0) is 19.0. The molecule has 1 amide bonds. The number of carbonyl (C=O) groups is 1. The highest BCUT2D eigenvalue weighted by Gasteiger charge is 2.27. The maximum Gasteiger partial charge on any atom is 0.263 e. The minimum atomic E-state index is -0.155. The maximum atomic E-state index is 12.4. The van der Waals surface area contributed by atoms with Crippen LogP contribution in [0.2, 0.25) is 5.02 Å². The quantitative estimate of drug-likeness (QED) is 0.724. The van der Waals surface area contributed by atoms with Crippen LogP contribution in [0.5, 0.6) is 5.75 Å². The topological polar surface area (TPSA) is 77.0 Å². The smallest absolute Gasteiger partial charge is 0.263 e. The molecular formula is C19H17ClN4O2S. The number of hydrogen-bond acceptors (Lipinski definition) is 6. The summed E-state index contributed by atoms with van der Waals surface area (Å²) >= 11 is 7.81. The molecule has 1 aliphatic rings. The fraction of sp³-hybridized carbons (Fsp3) is 0.263. The monoisotopic (exact) mass is 400 g/mol. The SMILES string of the molecule is Cc1nc(C)c(C(=O)NC[C@@H]2Cc3cc(-c4cncnc4)cc(Cl)c3O2)s1. The molecule has 1 aliphatic heterocycles. The van der Waals surface area contributed by atoms with Crippen molar-refractivity contribution in [3.05, 3.63) is 57.0 Å². The van der Waals surface area contributed by atoms with Crippen LogP contribution < -0.4 is 10.1 Å². The summed E-state index contributed by atoms with van der Waals surface area (Å²) in [7, 11) is 0. The lowest BCUT2D eigenvalue weighted by Crippen LogP contribution is -2.34. The van der Waals surface area contributed by atoms with Crippen LogP contribution in [0.25, 0.3) is 11.1 Å². The van der Waals surface area contributed by atoms with Crippen molar-refractivity contribution in [1.29, 1.82) is 0 Å². The molecule has 3 aromatic rings. The highest BCUT2D eigenvalue weighted by molar-refractivity contribution is 7.13. The third-order valence-corrected chi connectivity index (χ3v) is 5.70. The zero-order valence-electron chi connectivity index (χ0n) is 14.8. The average Bonchev–Trinajstić information content (AvgIpc) is 3.23. The molecule has 138 valence electrons. The van der Waals surface area contributed by atoms with Crippen LogP contribution in [0.3, 0.4) is 0 Å². The van der Waals surface area contributed by atoms with E-state index in [2.05, 4.69) is 20.3 Å². The van der Waals surface area contributed by atoms with Crippen molar-refractivity contribution in [1.82, 2.24) is 20.3 Å². The molecule has 0 bridgehead atoms. The van der Waals surface area contributed by atoms with Gasteiger partial charge in [-0.2, -0.15) is 0 Å². The number of nitrogens with one attached hydrogen (secondary N) is 1. The third kappa shape index (κ3) is 3.65. The standard InChI is InChI=1S/C19H17ClN4O2S/c1-10-18(27-11(2)24-10)19(25)23-8-15-4-13-3-12(5-16(20)17(13)26-15)14-6-21-9-22-7-14/h3,5-7,9,15H,4,8H2,1-2H3,(H,23,25)/t15-/m0/s1. The number of amides is 1. The molecule has 27 heavy (non-hydrogen) atoms. The molecule has 1 aromatic carbocycles. The van der Waals surface area contributed by atoms with Gasteiger partial charge in [-0.1, -0.05) is 11.6 Å². The van der Waals surface area contributed by atoms with Gasteiger partial charge < -0.3 is 10.1 Å². The lowest BCUT2D eigenvalue weighted by atomic mass is 10.0. The van der Waals surface area contributed by atoms with Crippen molar-refractivity contribution < 1.29 is 9.53 Å². The molecule has 1 N–H and O–H groups in total. The van der Waals surface area contributed by atoms with Crippen LogP contribution in [0.15, 0.2) is 30.9 Å². The van der Waals surface area contributed by atoms with Gasteiger partial charge in [0.25, 0.3) is 5.91 Å². The second-order valence-electron chi connectivity index (χ2n) is 6.37. The Hall–Kier alpha value is -2.51. The van der Waals surface area contributed by atoms with E-state index in [0.717, 1.165) is 27.4 Å². The number of rotatable bonds is 4. The minimum absolute atomic E-state index is 0.120. The van der Waals surface area contributed by atoms with Crippen molar-refractivity contribution in [3.8, 4) is 16.9 Å². The second-order valence-corrected chi connectivity index (χ2v) is 7.99. The van der Waals surface area contributed by atoms with E-state index in [0.29, 0.717) is 28.6 Å². The number of benzene rings is 1. The molecule has 3 heterocycles. The van der Waals surface area contributed by atoms with Gasteiger partial charge in [0.15, 0.2) is 0 Å². The average molecular weight is 401 g/mol. The lowest BCUT2D eigenvalue weighted by molar-refractivity contribution is 0.0937. The van der Waals surface area contributed by atoms with Crippen LogP contribution in [0.4, 0.5) is 0 Å². The van der Waals surface area contributed by atoms with E-state index in [9.17, 15) is 4.79 Å². The number of carbonyl (C=O) groups excluding carboxylic acids is 1. The van der Waals surface area contributed by atoms with Crippen LogP contribution in [0, 0.1) is 13.8 Å². The Balaban J connectivity index is 1.46. The maximum absolute atomic E-state index is 12.4. The first-order valence-electron chi connectivity index (χ1n) is 8.48. The molecule has 4 rings (SSSR count). The molecule has 6 nitrogen and oxygen atoms in total. The zero-order valence-corrected chi connectivity index (χ0v) is 16.4. The molecule has 2 aromatic heterocycles. The van der Waals surface area contributed by atoms with E-state index >= 15 is 0 Å². The Labute approximate surface area is 165 Å². The van der Waals surface area contributed by atoms with Gasteiger partial charge in [0, 0.05) is 29.9 Å². The van der Waals surface area contributed by atoms with Crippen LogP contribution in [-0.4, -0.2) is 33.5 Å². The number of aromatic nitrogens is 3. The van der Waals surface area contributed by atoms with E-state index < -0.39 is 0 Å². The number of fused-ring (bicyclic) bond motifs is 1. The van der Waals surface area contributed by atoms with Crippen molar-refractivity contribution in [3.63, 3.8) is 0 Å². The molecule has 0 saturated carbocycles. The van der Waals surface area contributed by atoms with E-state index in [1.165, 1.54) is 17.7 Å². The number of nitrogens with zero attached hydrogens (tertiary/aromatic N) is 3. The van der Waals surface area contributed by atoms with Gasteiger partial charge in [-0.05, 0) is 31.5 Å². The summed E-state index contributed by atoms with van der Waals surface area (Å²) in [5.74, 6) is 0.562. The van der Waals surface area contributed by atoms with E-state index in [1.54, 1.807) is 12.4 Å². The Kier molecular flexibility index (Phi) is 4.80. The van der Waals surface area contributed by atoms with Gasteiger partial charge in [0.1, 0.15) is 23.1 Å². The van der Waals surface area contributed by atoms with Crippen LogP contribution >= 0.6 is 22.9 Å². The summed E-state index contributed by atoms with van der Waals surface area (Å²) in [5, 5.41) is 4.37. The normalized spacial score (nSPS) is 15.3. The first kappa shape index (κ1) is 17.9. The summed E-state index contributed by atoms with van der Waals surface area (Å²) < 4.78 is 5.96. The molecule has 0 radical (unpaired) electrons. The van der Waals surface area contributed by atoms with Gasteiger partial charge in [0.2, 0.25) is 0 Å². The predicted molar refractivity (Wildman–Crippen MR) is 105 cm³/mol. The van der Waals surface area contributed by atoms with Gasteiger partial charge >= 0.3 is 0 Å². The van der Waals surface area contributed by atoms with Gasteiger partial charge in [-0.3, -0.25) is 4.79 Å². The fourth-order valence-corrected chi connectivity index (χ4v) is 4.26. The molecule has 0 fully saturated rings. The Morgan fingerprint density at radius 1 is 1.30 bits per heavy atom. The highest BCUT2D eigenvalue weighted by Crippen LogP contribution is 2.39. The van der Waals surface area contributed by atoms with Gasteiger partial charge in [-0.15, -0.1) is 11.3 Å². The van der Waals surface area contributed by atoms with E-state index in [-0.39, 0.29) is 12.0 Å². The lowest BCUT2D eigenvalue weighted by Gasteiger charge is -2.12. The number of hydrogen-bond donors (Lipinski definition) is 1. The highest BCUT2D eigenvalue weighted by atomic mass is 35.5. The largest absolute Gasteiger partial charge is 0.486 e. The Morgan fingerprint density at radius 2 is 2.07 bits per heavy atom. The van der Waals surface area contributed by atoms with Crippen molar-refractivity contribution in [2.45, 2.75) is 26.4 Å². The number of ether oxygens (including phenoxy) is 1.